The molecular weight excluding hydrogens is 211 g/mol. The number of aromatic nitrogens is 1. The Morgan fingerprint density at radius 1 is 1.50 bits per heavy atom. The number of rotatable bonds is 1. The van der Waals surface area contributed by atoms with Crippen molar-refractivity contribution in [2.75, 3.05) is 13.1 Å². The van der Waals surface area contributed by atoms with E-state index < -0.39 is 5.95 Å². The zero-order valence-corrected chi connectivity index (χ0v) is 8.77. The number of pyridine rings is 1. The molecule has 0 aliphatic carbocycles. The van der Waals surface area contributed by atoms with E-state index in [1.807, 2.05) is 0 Å². The first-order valence-corrected chi connectivity index (χ1v) is 5.26. The molecular formula is C11H13FN2O2. The average Bonchev–Trinajstić information content (AvgIpc) is 2.29. The van der Waals surface area contributed by atoms with Crippen LogP contribution in [0.15, 0.2) is 18.3 Å². The third-order valence-electron chi connectivity index (χ3n) is 2.73. The molecule has 5 heteroatoms. The Morgan fingerprint density at radius 3 is 2.81 bits per heavy atom. The van der Waals surface area contributed by atoms with Crippen LogP contribution in [0.4, 0.5) is 4.39 Å². The van der Waals surface area contributed by atoms with E-state index in [1.165, 1.54) is 12.3 Å². The van der Waals surface area contributed by atoms with Crippen molar-refractivity contribution >= 4 is 5.91 Å². The van der Waals surface area contributed by atoms with Gasteiger partial charge in [-0.05, 0) is 18.9 Å². The molecule has 1 amide bonds. The summed E-state index contributed by atoms with van der Waals surface area (Å²) in [4.78, 5) is 16.9. The number of aliphatic hydroxyl groups is 1. The number of carbonyl (C=O) groups is 1. The molecule has 86 valence electrons. The van der Waals surface area contributed by atoms with Gasteiger partial charge in [0, 0.05) is 30.9 Å². The number of hydrogen-bond donors (Lipinski definition) is 1. The van der Waals surface area contributed by atoms with Crippen molar-refractivity contribution in [3.05, 3.63) is 29.8 Å². The predicted molar refractivity (Wildman–Crippen MR) is 55.3 cm³/mol. The first kappa shape index (κ1) is 11.0. The summed E-state index contributed by atoms with van der Waals surface area (Å²) < 4.78 is 12.8. The molecule has 1 aliphatic rings. The molecule has 1 fully saturated rings. The molecule has 0 radical (unpaired) electrons. The normalized spacial score (nSPS) is 17.5. The fraction of sp³-hybridized carbons (Fsp3) is 0.455. The third-order valence-corrected chi connectivity index (χ3v) is 2.73. The maximum atomic E-state index is 12.8. The molecule has 0 unspecified atom stereocenters. The summed E-state index contributed by atoms with van der Waals surface area (Å²) in [6, 6.07) is 2.63. The summed E-state index contributed by atoms with van der Waals surface area (Å²) in [6.45, 7) is 1.04. The molecule has 1 aromatic heterocycles. The van der Waals surface area contributed by atoms with Gasteiger partial charge in [-0.3, -0.25) is 4.79 Å². The first-order chi connectivity index (χ1) is 7.66. The molecule has 4 nitrogen and oxygen atoms in total. The molecule has 1 N–H and O–H groups in total. The smallest absolute Gasteiger partial charge is 0.254 e. The Morgan fingerprint density at radius 2 is 2.19 bits per heavy atom. The van der Waals surface area contributed by atoms with Gasteiger partial charge in [-0.15, -0.1) is 0 Å². The van der Waals surface area contributed by atoms with Crippen molar-refractivity contribution in [2.45, 2.75) is 18.9 Å². The lowest BCUT2D eigenvalue weighted by Gasteiger charge is -2.29. The fourth-order valence-electron chi connectivity index (χ4n) is 1.79. The van der Waals surface area contributed by atoms with Crippen LogP contribution in [-0.2, 0) is 0 Å². The van der Waals surface area contributed by atoms with Crippen LogP contribution in [0.1, 0.15) is 23.2 Å². The standard InChI is InChI=1S/C11H13FN2O2/c12-10-7-8(1-4-13-10)11(16)14-5-2-9(15)3-6-14/h1,4,7,9,15H,2-3,5-6H2. The number of hydrogen-bond acceptors (Lipinski definition) is 3. The summed E-state index contributed by atoms with van der Waals surface area (Å²) in [6.07, 6.45) is 2.12. The highest BCUT2D eigenvalue weighted by molar-refractivity contribution is 5.94. The van der Waals surface area contributed by atoms with Gasteiger partial charge in [0.25, 0.3) is 5.91 Å². The highest BCUT2D eigenvalue weighted by Crippen LogP contribution is 2.13. The van der Waals surface area contributed by atoms with Crippen LogP contribution in [0.2, 0.25) is 0 Å². The molecule has 0 aromatic carbocycles. The van der Waals surface area contributed by atoms with Crippen molar-refractivity contribution in [1.82, 2.24) is 9.88 Å². The second-order valence-corrected chi connectivity index (χ2v) is 3.89. The molecule has 0 atom stereocenters. The van der Waals surface area contributed by atoms with Gasteiger partial charge < -0.3 is 10.0 Å². The Bertz CT molecular complexity index is 389. The largest absolute Gasteiger partial charge is 0.393 e. The highest BCUT2D eigenvalue weighted by atomic mass is 19.1. The van der Waals surface area contributed by atoms with Gasteiger partial charge in [0.2, 0.25) is 5.95 Å². The summed E-state index contributed by atoms with van der Waals surface area (Å²) in [7, 11) is 0. The molecule has 16 heavy (non-hydrogen) atoms. The number of likely N-dealkylation sites (tertiary alicyclic amines) is 1. The van der Waals surface area contributed by atoms with Gasteiger partial charge in [-0.25, -0.2) is 4.98 Å². The zero-order chi connectivity index (χ0) is 11.5. The lowest BCUT2D eigenvalue weighted by atomic mass is 10.1. The van der Waals surface area contributed by atoms with Crippen molar-refractivity contribution < 1.29 is 14.3 Å². The lowest BCUT2D eigenvalue weighted by molar-refractivity contribution is 0.0546. The van der Waals surface area contributed by atoms with Crippen molar-refractivity contribution in [2.24, 2.45) is 0 Å². The van der Waals surface area contributed by atoms with Crippen molar-refractivity contribution in [3.8, 4) is 0 Å². The van der Waals surface area contributed by atoms with E-state index in [0.717, 1.165) is 6.07 Å². The number of halogens is 1. The van der Waals surface area contributed by atoms with Crippen LogP contribution < -0.4 is 0 Å². The minimum Gasteiger partial charge on any atom is -0.393 e. The summed E-state index contributed by atoms with van der Waals surface area (Å²) in [5.41, 5.74) is 0.309. The van der Waals surface area contributed by atoms with Gasteiger partial charge in [0.15, 0.2) is 0 Å². The van der Waals surface area contributed by atoms with E-state index in [2.05, 4.69) is 4.98 Å². The highest BCUT2D eigenvalue weighted by Gasteiger charge is 2.22. The van der Waals surface area contributed by atoms with Crippen LogP contribution in [0.5, 0.6) is 0 Å². The van der Waals surface area contributed by atoms with Gasteiger partial charge >= 0.3 is 0 Å². The number of carbonyl (C=O) groups excluding carboxylic acids is 1. The molecule has 0 saturated carbocycles. The molecule has 2 rings (SSSR count). The molecule has 1 aliphatic heterocycles. The second-order valence-electron chi connectivity index (χ2n) is 3.89. The van der Waals surface area contributed by atoms with Gasteiger partial charge in [0.1, 0.15) is 0 Å². The number of amides is 1. The van der Waals surface area contributed by atoms with Crippen molar-refractivity contribution in [1.29, 1.82) is 0 Å². The molecule has 1 aromatic rings. The SMILES string of the molecule is O=C(c1ccnc(F)c1)N1CCC(O)CC1. The maximum Gasteiger partial charge on any atom is 0.254 e. The van der Waals surface area contributed by atoms with Gasteiger partial charge in [-0.2, -0.15) is 4.39 Å². The number of nitrogens with zero attached hydrogens (tertiary/aromatic N) is 2. The van der Waals surface area contributed by atoms with E-state index in [4.69, 9.17) is 0 Å². The Kier molecular flexibility index (Phi) is 3.14. The molecule has 0 spiro atoms. The average molecular weight is 224 g/mol. The lowest BCUT2D eigenvalue weighted by Crippen LogP contribution is -2.40. The van der Waals surface area contributed by atoms with Crippen LogP contribution in [-0.4, -0.2) is 40.1 Å². The van der Waals surface area contributed by atoms with Crippen LogP contribution in [0.3, 0.4) is 0 Å². The number of aliphatic hydroxyl groups excluding tert-OH is 1. The Balaban J connectivity index is 2.08. The Labute approximate surface area is 92.7 Å². The van der Waals surface area contributed by atoms with Crippen LogP contribution >= 0.6 is 0 Å². The monoisotopic (exact) mass is 224 g/mol. The quantitative estimate of drug-likeness (QED) is 0.718. The molecule has 2 heterocycles. The maximum absolute atomic E-state index is 12.8. The minimum absolute atomic E-state index is 0.201. The van der Waals surface area contributed by atoms with E-state index >= 15 is 0 Å². The van der Waals surface area contributed by atoms with Gasteiger partial charge in [-0.1, -0.05) is 0 Å². The summed E-state index contributed by atoms with van der Waals surface area (Å²) in [5, 5.41) is 9.32. The van der Waals surface area contributed by atoms with Gasteiger partial charge in [0.05, 0.1) is 6.10 Å². The first-order valence-electron chi connectivity index (χ1n) is 5.26. The van der Waals surface area contributed by atoms with E-state index in [0.29, 0.717) is 31.5 Å². The number of piperidine rings is 1. The van der Waals surface area contributed by atoms with Crippen LogP contribution in [0.25, 0.3) is 0 Å². The summed E-state index contributed by atoms with van der Waals surface area (Å²) in [5.74, 6) is -0.851. The molecule has 1 saturated heterocycles. The fourth-order valence-corrected chi connectivity index (χ4v) is 1.79. The molecule has 0 bridgehead atoms. The zero-order valence-electron chi connectivity index (χ0n) is 8.77. The van der Waals surface area contributed by atoms with E-state index in [-0.39, 0.29) is 12.0 Å². The summed E-state index contributed by atoms with van der Waals surface area (Å²) >= 11 is 0. The van der Waals surface area contributed by atoms with Crippen LogP contribution in [0, 0.1) is 5.95 Å². The third kappa shape index (κ3) is 2.36. The van der Waals surface area contributed by atoms with E-state index in [1.54, 1.807) is 4.90 Å². The van der Waals surface area contributed by atoms with Crippen molar-refractivity contribution in [3.63, 3.8) is 0 Å². The predicted octanol–water partition coefficient (Wildman–Crippen LogP) is 0.818. The minimum atomic E-state index is -0.650. The second kappa shape index (κ2) is 4.57. The van der Waals surface area contributed by atoms with E-state index in [9.17, 15) is 14.3 Å². The Hall–Kier alpha value is -1.49. The topological polar surface area (TPSA) is 53.4 Å².